The van der Waals surface area contributed by atoms with Gasteiger partial charge in [0, 0.05) is 6.20 Å². The second-order valence-corrected chi connectivity index (χ2v) is 4.70. The molecule has 8 heteroatoms. The molecule has 0 atom stereocenters. The number of hydrogen-bond acceptors (Lipinski definition) is 4. The summed E-state index contributed by atoms with van der Waals surface area (Å²) in [7, 11) is 0. The van der Waals surface area contributed by atoms with Crippen LogP contribution in [0.15, 0.2) is 47.4 Å². The fourth-order valence-electron chi connectivity index (χ4n) is 2.05. The molecule has 6 nitrogen and oxygen atoms in total. The van der Waals surface area contributed by atoms with E-state index in [0.29, 0.717) is 5.65 Å². The molecular formula is C15H11F2N3O3. The molecule has 1 aromatic carbocycles. The lowest BCUT2D eigenvalue weighted by molar-refractivity contribution is 0.0486. The fourth-order valence-corrected chi connectivity index (χ4v) is 2.05. The average molecular weight is 319 g/mol. The first-order valence-electron chi connectivity index (χ1n) is 6.72. The van der Waals surface area contributed by atoms with Gasteiger partial charge in [-0.3, -0.25) is 4.40 Å². The minimum absolute atomic E-state index is 0.0515. The van der Waals surface area contributed by atoms with Crippen molar-refractivity contribution in [2.24, 2.45) is 0 Å². The summed E-state index contributed by atoms with van der Waals surface area (Å²) in [6, 6.07) is 7.84. The third-order valence-electron chi connectivity index (χ3n) is 3.18. The number of aromatic nitrogens is 3. The summed E-state index contributed by atoms with van der Waals surface area (Å²) in [6.45, 7) is -0.0719. The summed E-state index contributed by atoms with van der Waals surface area (Å²) < 4.78 is 33.3. The van der Waals surface area contributed by atoms with Gasteiger partial charge < -0.3 is 4.74 Å². The van der Waals surface area contributed by atoms with E-state index in [4.69, 9.17) is 4.74 Å². The van der Waals surface area contributed by atoms with Crippen LogP contribution in [0.1, 0.15) is 10.4 Å². The lowest BCUT2D eigenvalue weighted by Gasteiger charge is -2.04. The summed E-state index contributed by atoms with van der Waals surface area (Å²) in [5.74, 6) is -2.98. The first-order chi connectivity index (χ1) is 11.1. The Labute approximate surface area is 128 Å². The highest BCUT2D eigenvalue weighted by Gasteiger charge is 2.12. The van der Waals surface area contributed by atoms with Crippen molar-refractivity contribution in [1.82, 2.24) is 14.2 Å². The molecule has 0 saturated carbocycles. The summed E-state index contributed by atoms with van der Waals surface area (Å²) >= 11 is 0. The molecule has 0 spiro atoms. The maximum absolute atomic E-state index is 13.1. The Kier molecular flexibility index (Phi) is 3.88. The second kappa shape index (κ2) is 5.99. The van der Waals surface area contributed by atoms with Gasteiger partial charge in [0.1, 0.15) is 6.61 Å². The number of pyridine rings is 1. The van der Waals surface area contributed by atoms with Crippen LogP contribution in [-0.4, -0.2) is 26.8 Å². The van der Waals surface area contributed by atoms with Gasteiger partial charge >= 0.3 is 11.7 Å². The van der Waals surface area contributed by atoms with E-state index in [0.717, 1.165) is 22.9 Å². The van der Waals surface area contributed by atoms with Gasteiger partial charge in [0.25, 0.3) is 0 Å². The van der Waals surface area contributed by atoms with Gasteiger partial charge in [-0.1, -0.05) is 6.07 Å². The van der Waals surface area contributed by atoms with Crippen molar-refractivity contribution in [3.63, 3.8) is 0 Å². The van der Waals surface area contributed by atoms with Crippen LogP contribution in [0.5, 0.6) is 0 Å². The van der Waals surface area contributed by atoms with Gasteiger partial charge in [-0.05, 0) is 30.3 Å². The van der Waals surface area contributed by atoms with Crippen LogP contribution in [0.3, 0.4) is 0 Å². The molecule has 0 aliphatic carbocycles. The molecule has 0 radical (unpaired) electrons. The first kappa shape index (κ1) is 14.9. The van der Waals surface area contributed by atoms with Crippen molar-refractivity contribution < 1.29 is 18.3 Å². The van der Waals surface area contributed by atoms with Gasteiger partial charge in [-0.25, -0.2) is 23.1 Å². The smallest absolute Gasteiger partial charge is 0.350 e. The summed E-state index contributed by atoms with van der Waals surface area (Å²) in [5, 5.41) is 4.07. The van der Waals surface area contributed by atoms with Crippen LogP contribution < -0.4 is 5.69 Å². The van der Waals surface area contributed by atoms with E-state index in [1.54, 1.807) is 24.4 Å². The highest BCUT2D eigenvalue weighted by molar-refractivity contribution is 5.89. The van der Waals surface area contributed by atoms with E-state index in [2.05, 4.69) is 5.10 Å². The van der Waals surface area contributed by atoms with Gasteiger partial charge in [-0.15, -0.1) is 5.10 Å². The largest absolute Gasteiger partial charge is 0.460 e. The zero-order valence-corrected chi connectivity index (χ0v) is 11.8. The van der Waals surface area contributed by atoms with Crippen LogP contribution in [0.4, 0.5) is 8.78 Å². The number of hydrogen-bond donors (Lipinski definition) is 0. The molecule has 0 saturated heterocycles. The fraction of sp³-hybridized carbons (Fsp3) is 0.133. The van der Waals surface area contributed by atoms with E-state index in [1.807, 2.05) is 0 Å². The maximum Gasteiger partial charge on any atom is 0.350 e. The molecule has 2 aromatic heterocycles. The number of benzene rings is 1. The number of carbonyl (C=O) groups excluding carboxylic acids is 1. The Morgan fingerprint density at radius 3 is 2.74 bits per heavy atom. The van der Waals surface area contributed by atoms with Gasteiger partial charge in [-0.2, -0.15) is 0 Å². The monoisotopic (exact) mass is 319 g/mol. The van der Waals surface area contributed by atoms with E-state index in [-0.39, 0.29) is 24.4 Å². The Morgan fingerprint density at radius 2 is 2.00 bits per heavy atom. The van der Waals surface area contributed by atoms with Gasteiger partial charge in [0.15, 0.2) is 17.3 Å². The number of rotatable bonds is 4. The zero-order chi connectivity index (χ0) is 16.4. The Bertz CT molecular complexity index is 933. The van der Waals surface area contributed by atoms with E-state index >= 15 is 0 Å². The van der Waals surface area contributed by atoms with Crippen molar-refractivity contribution in [3.8, 4) is 0 Å². The van der Waals surface area contributed by atoms with Crippen molar-refractivity contribution in [2.45, 2.75) is 6.54 Å². The highest BCUT2D eigenvalue weighted by atomic mass is 19.2. The number of carbonyl (C=O) groups is 1. The molecule has 3 rings (SSSR count). The lowest BCUT2D eigenvalue weighted by atomic mass is 10.2. The second-order valence-electron chi connectivity index (χ2n) is 4.70. The minimum Gasteiger partial charge on any atom is -0.460 e. The van der Waals surface area contributed by atoms with Crippen LogP contribution >= 0.6 is 0 Å². The summed E-state index contributed by atoms with van der Waals surface area (Å²) in [6.07, 6.45) is 1.58. The Morgan fingerprint density at radius 1 is 1.17 bits per heavy atom. The van der Waals surface area contributed by atoms with Crippen molar-refractivity contribution in [1.29, 1.82) is 0 Å². The van der Waals surface area contributed by atoms with E-state index in [9.17, 15) is 18.4 Å². The predicted octanol–water partition coefficient (Wildman–Crippen LogP) is 1.63. The Hall–Kier alpha value is -3.03. The lowest BCUT2D eigenvalue weighted by Crippen LogP contribution is -2.24. The molecule has 0 fully saturated rings. The summed E-state index contributed by atoms with van der Waals surface area (Å²) in [4.78, 5) is 23.7. The van der Waals surface area contributed by atoms with E-state index in [1.165, 1.54) is 4.40 Å². The van der Waals surface area contributed by atoms with Gasteiger partial charge in [0.05, 0.1) is 12.1 Å². The predicted molar refractivity (Wildman–Crippen MR) is 76.1 cm³/mol. The zero-order valence-electron chi connectivity index (χ0n) is 11.8. The standard InChI is InChI=1S/C15H11F2N3O3/c16-11-5-4-10(9-12(11)17)14(21)23-8-7-20-15(22)19-6-2-1-3-13(19)18-20/h1-6,9H,7-8H2. The normalized spacial score (nSPS) is 10.9. The third kappa shape index (κ3) is 2.96. The Balaban J connectivity index is 1.66. The van der Waals surface area contributed by atoms with Crippen molar-refractivity contribution in [3.05, 3.63) is 70.3 Å². The summed E-state index contributed by atoms with van der Waals surface area (Å²) in [5.41, 5.74) is 0.0140. The van der Waals surface area contributed by atoms with Crippen LogP contribution in [-0.2, 0) is 11.3 Å². The molecule has 3 aromatic rings. The van der Waals surface area contributed by atoms with Crippen LogP contribution in [0.25, 0.3) is 5.65 Å². The van der Waals surface area contributed by atoms with Gasteiger partial charge in [0.2, 0.25) is 0 Å². The molecule has 0 N–H and O–H groups in total. The SMILES string of the molecule is O=C(OCCn1nc2ccccn2c1=O)c1ccc(F)c(F)c1. The molecule has 0 unspecified atom stereocenters. The van der Waals surface area contributed by atoms with Crippen LogP contribution in [0.2, 0.25) is 0 Å². The quantitative estimate of drug-likeness (QED) is 0.686. The maximum atomic E-state index is 13.1. The number of halogens is 2. The molecule has 23 heavy (non-hydrogen) atoms. The molecule has 0 bridgehead atoms. The third-order valence-corrected chi connectivity index (χ3v) is 3.18. The van der Waals surface area contributed by atoms with Crippen molar-refractivity contribution in [2.75, 3.05) is 6.61 Å². The molecule has 0 aliphatic rings. The molecule has 0 aliphatic heterocycles. The van der Waals surface area contributed by atoms with Crippen molar-refractivity contribution >= 4 is 11.6 Å². The number of esters is 1. The molecule has 118 valence electrons. The molecule has 0 amide bonds. The minimum atomic E-state index is -1.13. The van der Waals surface area contributed by atoms with E-state index < -0.39 is 17.6 Å². The number of ether oxygens (including phenoxy) is 1. The van der Waals surface area contributed by atoms with Crippen LogP contribution in [0, 0.1) is 11.6 Å². The topological polar surface area (TPSA) is 65.6 Å². The number of fused-ring (bicyclic) bond motifs is 1. The molecular weight excluding hydrogens is 308 g/mol. The number of nitrogens with zero attached hydrogens (tertiary/aromatic N) is 3. The highest BCUT2D eigenvalue weighted by Crippen LogP contribution is 2.09. The molecule has 2 heterocycles. The average Bonchev–Trinajstić information content (AvgIpc) is 2.87. The first-order valence-corrected chi connectivity index (χ1v) is 6.72.